The number of likely N-dealkylation sites (N-methyl/N-ethyl adjacent to an activating group) is 1. The fourth-order valence-electron chi connectivity index (χ4n) is 3.61. The molecule has 31 heavy (non-hydrogen) atoms. The average molecular weight is 422 g/mol. The molecule has 0 amide bonds. The summed E-state index contributed by atoms with van der Waals surface area (Å²) in [6.45, 7) is 1.35. The Bertz CT molecular complexity index is 819. The highest BCUT2D eigenvalue weighted by Gasteiger charge is 2.38. The molecular formula is C26H31NO4. The molecule has 0 aliphatic heterocycles. The highest BCUT2D eigenvalue weighted by molar-refractivity contribution is 5.50. The first-order valence-corrected chi connectivity index (χ1v) is 10.3. The Balaban J connectivity index is 2.20. The van der Waals surface area contributed by atoms with Gasteiger partial charge >= 0.3 is 0 Å². The summed E-state index contributed by atoms with van der Waals surface area (Å²) < 4.78 is 22.9. The third-order valence-electron chi connectivity index (χ3n) is 5.35. The van der Waals surface area contributed by atoms with Crippen LogP contribution in [0, 0.1) is 0 Å². The lowest BCUT2D eigenvalue weighted by Crippen LogP contribution is -2.35. The largest absolute Gasteiger partial charge is 0.497 e. The van der Waals surface area contributed by atoms with Crippen molar-refractivity contribution in [3.63, 3.8) is 0 Å². The van der Waals surface area contributed by atoms with Crippen LogP contribution < -0.4 is 14.2 Å². The molecule has 5 nitrogen and oxygen atoms in total. The van der Waals surface area contributed by atoms with Crippen LogP contribution in [-0.4, -0.2) is 53.5 Å². The third kappa shape index (κ3) is 5.01. The molecule has 0 aromatic heterocycles. The molecule has 0 saturated carbocycles. The molecule has 0 radical (unpaired) electrons. The predicted octanol–water partition coefficient (Wildman–Crippen LogP) is 4.58. The van der Waals surface area contributed by atoms with Crippen molar-refractivity contribution < 1.29 is 18.9 Å². The molecule has 0 bridgehead atoms. The average Bonchev–Trinajstić information content (AvgIpc) is 2.82. The minimum Gasteiger partial charge on any atom is -0.497 e. The topological polar surface area (TPSA) is 40.2 Å². The first kappa shape index (κ1) is 22.7. The van der Waals surface area contributed by atoms with E-state index in [1.165, 1.54) is 0 Å². The van der Waals surface area contributed by atoms with E-state index < -0.39 is 5.60 Å². The summed E-state index contributed by atoms with van der Waals surface area (Å²) in [6, 6.07) is 24.1. The van der Waals surface area contributed by atoms with Crippen LogP contribution in [0.5, 0.6) is 17.2 Å². The maximum absolute atomic E-state index is 6.76. The van der Waals surface area contributed by atoms with Gasteiger partial charge in [-0.3, -0.25) is 0 Å². The van der Waals surface area contributed by atoms with Crippen molar-refractivity contribution in [2.24, 2.45) is 0 Å². The predicted molar refractivity (Wildman–Crippen MR) is 123 cm³/mol. The summed E-state index contributed by atoms with van der Waals surface area (Å²) in [5.41, 5.74) is 2.24. The van der Waals surface area contributed by atoms with E-state index >= 15 is 0 Å². The quantitative estimate of drug-likeness (QED) is 0.448. The van der Waals surface area contributed by atoms with Gasteiger partial charge in [0.2, 0.25) is 0 Å². The van der Waals surface area contributed by atoms with Gasteiger partial charge in [-0.05, 0) is 67.2 Å². The molecule has 0 unspecified atom stereocenters. The van der Waals surface area contributed by atoms with Crippen LogP contribution in [-0.2, 0) is 10.3 Å². The number of hydrogen-bond acceptors (Lipinski definition) is 5. The zero-order chi connectivity index (χ0) is 22.3. The maximum atomic E-state index is 6.76. The summed E-state index contributed by atoms with van der Waals surface area (Å²) in [6.07, 6.45) is 0. The molecule has 0 aliphatic rings. The minimum absolute atomic E-state index is 0.553. The molecule has 3 aromatic carbocycles. The van der Waals surface area contributed by atoms with Crippen LogP contribution >= 0.6 is 0 Å². The number of benzene rings is 3. The standard InChI is InChI=1S/C26H31NO4/c1-27(2)18-19-31-26(20-6-12-23(28-3)13-7-20,21-8-14-24(29-4)15-9-21)22-10-16-25(30-5)17-11-22/h6-17H,18-19H2,1-5H3. The molecular weight excluding hydrogens is 390 g/mol. The van der Waals surface area contributed by atoms with Crippen LogP contribution in [0.3, 0.4) is 0 Å². The SMILES string of the molecule is COc1ccc(C(OCCN(C)C)(c2ccc(OC)cc2)c2ccc(OC)cc2)cc1. The maximum Gasteiger partial charge on any atom is 0.143 e. The van der Waals surface area contributed by atoms with Gasteiger partial charge in [0, 0.05) is 6.54 Å². The van der Waals surface area contributed by atoms with Gasteiger partial charge in [0.05, 0.1) is 27.9 Å². The summed E-state index contributed by atoms with van der Waals surface area (Å²) in [7, 11) is 9.09. The number of nitrogens with zero attached hydrogens (tertiary/aromatic N) is 1. The molecule has 5 heteroatoms. The smallest absolute Gasteiger partial charge is 0.143 e. The van der Waals surface area contributed by atoms with Crippen LogP contribution in [0.1, 0.15) is 16.7 Å². The van der Waals surface area contributed by atoms with E-state index in [0.717, 1.165) is 40.5 Å². The van der Waals surface area contributed by atoms with E-state index in [9.17, 15) is 0 Å². The lowest BCUT2D eigenvalue weighted by molar-refractivity contribution is 0.00591. The lowest BCUT2D eigenvalue weighted by Gasteiger charge is -2.36. The Kier molecular flexibility index (Phi) is 7.55. The van der Waals surface area contributed by atoms with Crippen molar-refractivity contribution in [1.82, 2.24) is 4.90 Å². The monoisotopic (exact) mass is 421 g/mol. The van der Waals surface area contributed by atoms with Gasteiger partial charge < -0.3 is 23.8 Å². The molecule has 164 valence electrons. The van der Waals surface area contributed by atoms with Gasteiger partial charge in [0.15, 0.2) is 0 Å². The lowest BCUT2D eigenvalue weighted by atomic mass is 9.80. The fourth-order valence-corrected chi connectivity index (χ4v) is 3.61. The van der Waals surface area contributed by atoms with Crippen molar-refractivity contribution in [3.05, 3.63) is 89.5 Å². The summed E-state index contributed by atoms with van der Waals surface area (Å²) in [4.78, 5) is 2.11. The van der Waals surface area contributed by atoms with E-state index in [2.05, 4.69) is 41.3 Å². The van der Waals surface area contributed by atoms with Crippen molar-refractivity contribution in [1.29, 1.82) is 0 Å². The second-order valence-corrected chi connectivity index (χ2v) is 7.52. The highest BCUT2D eigenvalue weighted by atomic mass is 16.5. The Morgan fingerprint density at radius 1 is 0.581 bits per heavy atom. The van der Waals surface area contributed by atoms with E-state index in [-0.39, 0.29) is 0 Å². The second kappa shape index (κ2) is 10.3. The van der Waals surface area contributed by atoms with Crippen molar-refractivity contribution in [2.45, 2.75) is 5.60 Å². The van der Waals surface area contributed by atoms with E-state index in [0.29, 0.717) is 6.61 Å². The molecule has 0 atom stereocenters. The molecule has 3 rings (SSSR count). The molecule has 3 aromatic rings. The van der Waals surface area contributed by atoms with Crippen LogP contribution in [0.15, 0.2) is 72.8 Å². The molecule has 0 N–H and O–H groups in total. The van der Waals surface area contributed by atoms with E-state index in [1.807, 2.05) is 50.5 Å². The molecule has 0 heterocycles. The van der Waals surface area contributed by atoms with Gasteiger partial charge in [-0.25, -0.2) is 0 Å². The zero-order valence-corrected chi connectivity index (χ0v) is 18.9. The van der Waals surface area contributed by atoms with Gasteiger partial charge in [-0.1, -0.05) is 36.4 Å². The van der Waals surface area contributed by atoms with Crippen LogP contribution in [0.25, 0.3) is 0 Å². The molecule has 0 saturated heterocycles. The van der Waals surface area contributed by atoms with Crippen LogP contribution in [0.4, 0.5) is 0 Å². The summed E-state index contributed by atoms with van der Waals surface area (Å²) >= 11 is 0. The summed E-state index contributed by atoms with van der Waals surface area (Å²) in [5.74, 6) is 2.40. The minimum atomic E-state index is -0.805. The first-order chi connectivity index (χ1) is 15.0. The molecule has 0 fully saturated rings. The van der Waals surface area contributed by atoms with E-state index in [1.54, 1.807) is 21.3 Å². The van der Waals surface area contributed by atoms with Crippen LogP contribution in [0.2, 0.25) is 0 Å². The fraction of sp³-hybridized carbons (Fsp3) is 0.308. The Labute approximate surface area is 185 Å². The number of ether oxygens (including phenoxy) is 4. The van der Waals surface area contributed by atoms with Crippen molar-refractivity contribution in [2.75, 3.05) is 48.6 Å². The number of rotatable bonds is 10. The number of methoxy groups -OCH3 is 3. The molecule has 0 spiro atoms. The van der Waals surface area contributed by atoms with Gasteiger partial charge in [0.25, 0.3) is 0 Å². The van der Waals surface area contributed by atoms with Gasteiger partial charge in [-0.2, -0.15) is 0 Å². The van der Waals surface area contributed by atoms with Gasteiger partial charge in [-0.15, -0.1) is 0 Å². The zero-order valence-electron chi connectivity index (χ0n) is 18.9. The number of hydrogen-bond donors (Lipinski definition) is 0. The Hall–Kier alpha value is -3.02. The normalized spacial score (nSPS) is 11.4. The van der Waals surface area contributed by atoms with Crippen molar-refractivity contribution >= 4 is 0 Å². The van der Waals surface area contributed by atoms with Crippen molar-refractivity contribution in [3.8, 4) is 17.2 Å². The third-order valence-corrected chi connectivity index (χ3v) is 5.35. The van der Waals surface area contributed by atoms with E-state index in [4.69, 9.17) is 18.9 Å². The highest BCUT2D eigenvalue weighted by Crippen LogP contribution is 2.42. The Morgan fingerprint density at radius 2 is 0.903 bits per heavy atom. The second-order valence-electron chi connectivity index (χ2n) is 7.52. The Morgan fingerprint density at radius 3 is 1.16 bits per heavy atom. The summed E-state index contributed by atoms with van der Waals surface area (Å²) in [5, 5.41) is 0. The van der Waals surface area contributed by atoms with Gasteiger partial charge in [0.1, 0.15) is 22.8 Å². The molecule has 0 aliphatic carbocycles. The first-order valence-electron chi connectivity index (χ1n) is 10.3.